The van der Waals surface area contributed by atoms with Crippen LogP contribution in [0, 0.1) is 0 Å². The van der Waals surface area contributed by atoms with E-state index in [0.717, 1.165) is 0 Å². The van der Waals surface area contributed by atoms with E-state index in [-0.39, 0.29) is 0 Å². The molecule has 0 unspecified atom stereocenters. The Bertz CT molecular complexity index is 843. The normalized spacial score (nSPS) is 11.5. The van der Waals surface area contributed by atoms with Crippen molar-refractivity contribution in [3.05, 3.63) is 55.1 Å². The van der Waals surface area contributed by atoms with Crippen LogP contribution in [0.3, 0.4) is 0 Å². The molecule has 0 atom stereocenters. The Morgan fingerprint density at radius 3 is 2.47 bits per heavy atom. The average molecular weight is 218 g/mol. The van der Waals surface area contributed by atoms with E-state index in [1.807, 2.05) is 18.6 Å². The van der Waals surface area contributed by atoms with Gasteiger partial charge >= 0.3 is 0 Å². The molecular weight excluding hydrogens is 208 g/mol. The standard InChI is InChI=1S/C15H10N2/c1-3-13-12(14-8-16-6-5-10(1)14)4-2-11-7-17-9-15(11)13/h1-9,17H. The van der Waals surface area contributed by atoms with Crippen molar-refractivity contribution in [3.63, 3.8) is 0 Å². The molecule has 2 aromatic heterocycles. The quantitative estimate of drug-likeness (QED) is 0.446. The van der Waals surface area contributed by atoms with Crippen LogP contribution in [-0.4, -0.2) is 9.97 Å². The molecule has 0 fully saturated rings. The predicted octanol–water partition coefficient (Wildman–Crippen LogP) is 3.87. The smallest absolute Gasteiger partial charge is 0.0352 e. The number of H-pyrrole nitrogens is 1. The Balaban J connectivity index is 2.34. The Morgan fingerprint density at radius 2 is 1.53 bits per heavy atom. The number of nitrogens with one attached hydrogen (secondary N) is 1. The minimum absolute atomic E-state index is 1.22. The lowest BCUT2D eigenvalue weighted by molar-refractivity contribution is 1.37. The second-order valence-electron chi connectivity index (χ2n) is 4.28. The molecule has 0 saturated carbocycles. The summed E-state index contributed by atoms with van der Waals surface area (Å²) in [6.45, 7) is 0. The molecule has 4 rings (SSSR count). The monoisotopic (exact) mass is 218 g/mol. The van der Waals surface area contributed by atoms with Gasteiger partial charge in [-0.05, 0) is 27.6 Å². The molecule has 0 aliphatic rings. The molecule has 17 heavy (non-hydrogen) atoms. The first-order chi connectivity index (χ1) is 8.43. The van der Waals surface area contributed by atoms with E-state index >= 15 is 0 Å². The van der Waals surface area contributed by atoms with Crippen molar-refractivity contribution < 1.29 is 0 Å². The van der Waals surface area contributed by atoms with Crippen LogP contribution in [0.25, 0.3) is 32.3 Å². The van der Waals surface area contributed by atoms with Crippen LogP contribution in [0.1, 0.15) is 0 Å². The number of hydrogen-bond acceptors (Lipinski definition) is 1. The minimum Gasteiger partial charge on any atom is -0.366 e. The van der Waals surface area contributed by atoms with Crippen LogP contribution >= 0.6 is 0 Å². The summed E-state index contributed by atoms with van der Waals surface area (Å²) in [6, 6.07) is 10.7. The summed E-state index contributed by atoms with van der Waals surface area (Å²) in [4.78, 5) is 7.39. The Labute approximate surface area is 97.9 Å². The molecule has 1 N–H and O–H groups in total. The van der Waals surface area contributed by atoms with Crippen molar-refractivity contribution in [2.75, 3.05) is 0 Å². The molecule has 0 amide bonds. The summed E-state index contributed by atoms with van der Waals surface area (Å²) in [7, 11) is 0. The Kier molecular flexibility index (Phi) is 1.59. The van der Waals surface area contributed by atoms with Crippen LogP contribution < -0.4 is 0 Å². The number of aromatic nitrogens is 2. The van der Waals surface area contributed by atoms with E-state index in [9.17, 15) is 0 Å². The zero-order valence-corrected chi connectivity index (χ0v) is 9.14. The maximum absolute atomic E-state index is 4.22. The first-order valence-corrected chi connectivity index (χ1v) is 5.65. The number of benzene rings is 2. The highest BCUT2D eigenvalue weighted by Gasteiger charge is 2.04. The fraction of sp³-hybridized carbons (Fsp3) is 0. The maximum atomic E-state index is 4.22. The van der Waals surface area contributed by atoms with Crippen LogP contribution in [0.5, 0.6) is 0 Å². The molecule has 0 aliphatic heterocycles. The van der Waals surface area contributed by atoms with Crippen molar-refractivity contribution in [3.8, 4) is 0 Å². The van der Waals surface area contributed by atoms with Crippen LogP contribution in [0.2, 0.25) is 0 Å². The number of nitrogens with zero attached hydrogens (tertiary/aromatic N) is 1. The largest absolute Gasteiger partial charge is 0.366 e. The molecule has 2 nitrogen and oxygen atoms in total. The Morgan fingerprint density at radius 1 is 0.706 bits per heavy atom. The fourth-order valence-electron chi connectivity index (χ4n) is 2.52. The first-order valence-electron chi connectivity index (χ1n) is 5.65. The van der Waals surface area contributed by atoms with Crippen molar-refractivity contribution in [1.82, 2.24) is 9.97 Å². The van der Waals surface area contributed by atoms with Gasteiger partial charge < -0.3 is 4.98 Å². The lowest BCUT2D eigenvalue weighted by atomic mass is 10.0. The van der Waals surface area contributed by atoms with Gasteiger partial charge in [0.1, 0.15) is 0 Å². The molecule has 0 saturated heterocycles. The molecule has 2 heteroatoms. The molecular formula is C15H10N2. The van der Waals surface area contributed by atoms with E-state index in [0.29, 0.717) is 0 Å². The number of fused-ring (bicyclic) bond motifs is 5. The van der Waals surface area contributed by atoms with E-state index in [4.69, 9.17) is 0 Å². The van der Waals surface area contributed by atoms with E-state index in [1.54, 1.807) is 0 Å². The second kappa shape index (κ2) is 3.08. The average Bonchev–Trinajstić information content (AvgIpc) is 2.86. The molecule has 80 valence electrons. The molecule has 0 bridgehead atoms. The van der Waals surface area contributed by atoms with Crippen LogP contribution in [0.4, 0.5) is 0 Å². The summed E-state index contributed by atoms with van der Waals surface area (Å²) in [5, 5.41) is 7.52. The van der Waals surface area contributed by atoms with E-state index < -0.39 is 0 Å². The summed E-state index contributed by atoms with van der Waals surface area (Å²) in [5.74, 6) is 0. The third-order valence-corrected chi connectivity index (χ3v) is 3.36. The first kappa shape index (κ1) is 8.76. The number of hydrogen-bond donors (Lipinski definition) is 1. The van der Waals surface area contributed by atoms with Gasteiger partial charge in [-0.2, -0.15) is 0 Å². The molecule has 0 radical (unpaired) electrons. The van der Waals surface area contributed by atoms with Gasteiger partial charge in [0.25, 0.3) is 0 Å². The number of pyridine rings is 1. The lowest BCUT2D eigenvalue weighted by Crippen LogP contribution is -1.79. The summed E-state index contributed by atoms with van der Waals surface area (Å²) in [6.07, 6.45) is 7.86. The summed E-state index contributed by atoms with van der Waals surface area (Å²) in [5.41, 5.74) is 0. The van der Waals surface area contributed by atoms with Gasteiger partial charge in [-0.15, -0.1) is 0 Å². The Hall–Kier alpha value is -2.35. The molecule has 2 heterocycles. The zero-order chi connectivity index (χ0) is 11.2. The topological polar surface area (TPSA) is 28.7 Å². The van der Waals surface area contributed by atoms with E-state index in [1.165, 1.54) is 32.3 Å². The van der Waals surface area contributed by atoms with Gasteiger partial charge in [-0.25, -0.2) is 0 Å². The SMILES string of the molecule is c1cc2ccc3c4c[nH]cc4ccc3c2cn1. The van der Waals surface area contributed by atoms with Crippen molar-refractivity contribution in [2.45, 2.75) is 0 Å². The predicted molar refractivity (Wildman–Crippen MR) is 71.1 cm³/mol. The highest BCUT2D eigenvalue weighted by atomic mass is 14.6. The van der Waals surface area contributed by atoms with E-state index in [2.05, 4.69) is 46.5 Å². The lowest BCUT2D eigenvalue weighted by Gasteiger charge is -2.04. The summed E-state index contributed by atoms with van der Waals surface area (Å²) >= 11 is 0. The zero-order valence-electron chi connectivity index (χ0n) is 9.14. The minimum atomic E-state index is 1.22. The van der Waals surface area contributed by atoms with Gasteiger partial charge in [0.05, 0.1) is 0 Å². The molecule has 0 spiro atoms. The van der Waals surface area contributed by atoms with Gasteiger partial charge in [0.15, 0.2) is 0 Å². The number of rotatable bonds is 0. The van der Waals surface area contributed by atoms with Crippen molar-refractivity contribution >= 4 is 32.3 Å². The molecule has 2 aromatic carbocycles. The summed E-state index contributed by atoms with van der Waals surface area (Å²) < 4.78 is 0. The van der Waals surface area contributed by atoms with Gasteiger partial charge in [-0.1, -0.05) is 24.3 Å². The van der Waals surface area contributed by atoms with Crippen molar-refractivity contribution in [1.29, 1.82) is 0 Å². The van der Waals surface area contributed by atoms with Gasteiger partial charge in [0, 0.05) is 35.6 Å². The highest BCUT2D eigenvalue weighted by molar-refractivity contribution is 6.16. The fourth-order valence-corrected chi connectivity index (χ4v) is 2.52. The number of aromatic amines is 1. The third kappa shape index (κ3) is 1.12. The van der Waals surface area contributed by atoms with Gasteiger partial charge in [0.2, 0.25) is 0 Å². The third-order valence-electron chi connectivity index (χ3n) is 3.36. The second-order valence-corrected chi connectivity index (χ2v) is 4.28. The highest BCUT2D eigenvalue weighted by Crippen LogP contribution is 2.30. The molecule has 4 aromatic rings. The molecule has 0 aliphatic carbocycles. The van der Waals surface area contributed by atoms with Crippen molar-refractivity contribution in [2.24, 2.45) is 0 Å². The van der Waals surface area contributed by atoms with Gasteiger partial charge in [-0.3, -0.25) is 4.98 Å². The van der Waals surface area contributed by atoms with Crippen LogP contribution in [0.15, 0.2) is 55.1 Å². The maximum Gasteiger partial charge on any atom is 0.0352 e. The van der Waals surface area contributed by atoms with Crippen LogP contribution in [-0.2, 0) is 0 Å².